The van der Waals surface area contributed by atoms with Gasteiger partial charge in [-0.2, -0.15) is 13.2 Å². The summed E-state index contributed by atoms with van der Waals surface area (Å²) in [5.41, 5.74) is 0.815. The van der Waals surface area contributed by atoms with E-state index >= 15 is 0 Å². The van der Waals surface area contributed by atoms with Gasteiger partial charge < -0.3 is 9.80 Å². The predicted molar refractivity (Wildman–Crippen MR) is 91.5 cm³/mol. The van der Waals surface area contributed by atoms with Gasteiger partial charge in [0.1, 0.15) is 6.33 Å². The Morgan fingerprint density at radius 2 is 1.86 bits per heavy atom. The Kier molecular flexibility index (Phi) is 4.00. The summed E-state index contributed by atoms with van der Waals surface area (Å²) in [4.78, 5) is 23.3. The molecule has 2 saturated heterocycles. The van der Waals surface area contributed by atoms with Crippen LogP contribution >= 0.6 is 0 Å². The highest BCUT2D eigenvalue weighted by atomic mass is 19.4. The third kappa shape index (κ3) is 3.19. The molecule has 154 valence electrons. The number of rotatable bonds is 2. The third-order valence-corrected chi connectivity index (χ3v) is 6.25. The summed E-state index contributed by atoms with van der Waals surface area (Å²) < 4.78 is 39.4. The summed E-state index contributed by atoms with van der Waals surface area (Å²) in [5.74, 6) is -0.952. The number of aromatic nitrogens is 6. The Labute approximate surface area is 163 Å². The Hall–Kier alpha value is -2.79. The molecule has 4 heterocycles. The second kappa shape index (κ2) is 6.36. The lowest BCUT2D eigenvalue weighted by atomic mass is 9.56. The number of urea groups is 1. The third-order valence-electron chi connectivity index (χ3n) is 6.25. The highest BCUT2D eigenvalue weighted by Crippen LogP contribution is 2.56. The van der Waals surface area contributed by atoms with Crippen molar-refractivity contribution in [1.82, 2.24) is 40.0 Å². The van der Waals surface area contributed by atoms with Gasteiger partial charge in [0.2, 0.25) is 5.82 Å². The zero-order valence-electron chi connectivity index (χ0n) is 15.5. The van der Waals surface area contributed by atoms with Crippen LogP contribution in [0.25, 0.3) is 0 Å². The SMILES string of the molecule is O=C(N1CC[C@H](n2cnnn2)C1)N1CC2(CC(c3cnc(C(F)(F)F)nc3)C2)C1. The molecule has 2 aromatic rings. The Morgan fingerprint density at radius 1 is 1.14 bits per heavy atom. The molecule has 1 spiro atoms. The van der Waals surface area contributed by atoms with Gasteiger partial charge >= 0.3 is 12.2 Å². The number of carbonyl (C=O) groups is 1. The molecule has 0 unspecified atom stereocenters. The molecule has 0 radical (unpaired) electrons. The van der Waals surface area contributed by atoms with Crippen molar-refractivity contribution in [3.05, 3.63) is 30.1 Å². The average Bonchev–Trinajstić information content (AvgIpc) is 3.30. The number of hydrogen-bond acceptors (Lipinski definition) is 6. The van der Waals surface area contributed by atoms with E-state index in [9.17, 15) is 18.0 Å². The molecule has 1 aliphatic carbocycles. The van der Waals surface area contributed by atoms with E-state index in [0.717, 1.165) is 24.8 Å². The number of amides is 2. The number of tetrazole rings is 1. The normalized spacial score (nSPS) is 23.9. The summed E-state index contributed by atoms with van der Waals surface area (Å²) in [6.07, 6.45) is 2.11. The van der Waals surface area contributed by atoms with Crippen LogP contribution in [0, 0.1) is 5.41 Å². The molecule has 1 saturated carbocycles. The fraction of sp³-hybridized carbons (Fsp3) is 0.647. The van der Waals surface area contributed by atoms with Crippen LogP contribution < -0.4 is 0 Å². The van der Waals surface area contributed by atoms with E-state index < -0.39 is 12.0 Å². The maximum atomic E-state index is 12.7. The van der Waals surface area contributed by atoms with Crippen molar-refractivity contribution in [1.29, 1.82) is 0 Å². The molecular weight excluding hydrogens is 389 g/mol. The van der Waals surface area contributed by atoms with Gasteiger partial charge in [0.05, 0.1) is 6.04 Å². The monoisotopic (exact) mass is 408 g/mol. The van der Waals surface area contributed by atoms with E-state index in [2.05, 4.69) is 25.5 Å². The fourth-order valence-corrected chi connectivity index (χ4v) is 4.74. The highest BCUT2D eigenvalue weighted by Gasteiger charge is 2.55. The van der Waals surface area contributed by atoms with Gasteiger partial charge in [-0.15, -0.1) is 5.10 Å². The molecule has 2 aliphatic heterocycles. The summed E-state index contributed by atoms with van der Waals surface area (Å²) in [6, 6.07) is 0.143. The van der Waals surface area contributed by atoms with Crippen molar-refractivity contribution in [2.24, 2.45) is 5.41 Å². The first-order chi connectivity index (χ1) is 13.8. The lowest BCUT2D eigenvalue weighted by Crippen LogP contribution is -2.65. The maximum absolute atomic E-state index is 12.7. The Bertz CT molecular complexity index is 886. The average molecular weight is 408 g/mol. The molecule has 0 N–H and O–H groups in total. The minimum absolute atomic E-state index is 0.0347. The van der Waals surface area contributed by atoms with Crippen LogP contribution in [-0.4, -0.2) is 72.2 Å². The fourth-order valence-electron chi connectivity index (χ4n) is 4.74. The van der Waals surface area contributed by atoms with Gasteiger partial charge in [-0.05, 0) is 41.2 Å². The first-order valence-electron chi connectivity index (χ1n) is 9.48. The first-order valence-corrected chi connectivity index (χ1v) is 9.48. The first kappa shape index (κ1) is 18.3. The zero-order chi connectivity index (χ0) is 20.2. The van der Waals surface area contributed by atoms with Gasteiger partial charge in [-0.3, -0.25) is 0 Å². The lowest BCUT2D eigenvalue weighted by molar-refractivity contribution is -0.145. The molecule has 29 heavy (non-hydrogen) atoms. The second-order valence-corrected chi connectivity index (χ2v) is 8.26. The van der Waals surface area contributed by atoms with Crippen LogP contribution in [0.1, 0.15) is 42.6 Å². The summed E-state index contributed by atoms with van der Waals surface area (Å²) in [5, 5.41) is 11.2. The largest absolute Gasteiger partial charge is 0.451 e. The molecule has 3 aliphatic rings. The number of carbonyl (C=O) groups excluding carboxylic acids is 1. The van der Waals surface area contributed by atoms with Crippen LogP contribution in [0.2, 0.25) is 0 Å². The number of likely N-dealkylation sites (tertiary alicyclic amines) is 2. The zero-order valence-corrected chi connectivity index (χ0v) is 15.5. The van der Waals surface area contributed by atoms with Crippen LogP contribution in [-0.2, 0) is 6.18 Å². The molecule has 12 heteroatoms. The molecule has 2 amide bonds. The quantitative estimate of drug-likeness (QED) is 0.751. The van der Waals surface area contributed by atoms with Crippen molar-refractivity contribution in [3.8, 4) is 0 Å². The van der Waals surface area contributed by atoms with Crippen LogP contribution in [0.15, 0.2) is 18.7 Å². The topological polar surface area (TPSA) is 92.9 Å². The van der Waals surface area contributed by atoms with E-state index in [1.807, 2.05) is 9.80 Å². The van der Waals surface area contributed by atoms with Crippen LogP contribution in [0.5, 0.6) is 0 Å². The van der Waals surface area contributed by atoms with Crippen molar-refractivity contribution < 1.29 is 18.0 Å². The van der Waals surface area contributed by atoms with Crippen LogP contribution in [0.4, 0.5) is 18.0 Å². The van der Waals surface area contributed by atoms with Crippen molar-refractivity contribution in [2.75, 3.05) is 26.2 Å². The highest BCUT2D eigenvalue weighted by molar-refractivity contribution is 5.76. The van der Waals surface area contributed by atoms with E-state index in [0.29, 0.717) is 26.2 Å². The number of nitrogens with zero attached hydrogens (tertiary/aromatic N) is 8. The smallest absolute Gasteiger partial charge is 0.323 e. The summed E-state index contributed by atoms with van der Waals surface area (Å²) in [7, 11) is 0. The predicted octanol–water partition coefficient (Wildman–Crippen LogP) is 1.73. The van der Waals surface area contributed by atoms with Crippen LogP contribution in [0.3, 0.4) is 0 Å². The molecule has 9 nitrogen and oxygen atoms in total. The maximum Gasteiger partial charge on any atom is 0.451 e. The van der Waals surface area contributed by atoms with Gasteiger partial charge in [-0.25, -0.2) is 19.4 Å². The van der Waals surface area contributed by atoms with Gasteiger partial charge in [0.15, 0.2) is 0 Å². The minimum atomic E-state index is -4.52. The van der Waals surface area contributed by atoms with Gasteiger partial charge in [-0.1, -0.05) is 0 Å². The Balaban J connectivity index is 1.12. The number of halogens is 3. The lowest BCUT2D eigenvalue weighted by Gasteiger charge is -2.59. The van der Waals surface area contributed by atoms with E-state index in [1.54, 1.807) is 11.0 Å². The van der Waals surface area contributed by atoms with Gasteiger partial charge in [0, 0.05) is 44.0 Å². The van der Waals surface area contributed by atoms with E-state index in [1.165, 1.54) is 12.4 Å². The number of alkyl halides is 3. The summed E-state index contributed by atoms with van der Waals surface area (Å²) >= 11 is 0. The molecule has 0 bridgehead atoms. The molecule has 1 atom stereocenters. The second-order valence-electron chi connectivity index (χ2n) is 8.26. The molecule has 0 aromatic carbocycles. The van der Waals surface area contributed by atoms with Crippen molar-refractivity contribution >= 4 is 6.03 Å². The number of hydrogen-bond donors (Lipinski definition) is 0. The molecular formula is C17H19F3N8O. The van der Waals surface area contributed by atoms with Crippen molar-refractivity contribution in [3.63, 3.8) is 0 Å². The molecule has 5 rings (SSSR count). The molecule has 3 fully saturated rings. The van der Waals surface area contributed by atoms with Gasteiger partial charge in [0.25, 0.3) is 0 Å². The van der Waals surface area contributed by atoms with E-state index in [4.69, 9.17) is 0 Å². The standard InChI is InChI=1S/C17H19F3N8O/c18-17(19,20)14-21-5-12(6-22-14)11-3-16(4-11)8-27(9-16)15(29)26-2-1-13(7-26)28-10-23-24-25-28/h5-6,10-11,13H,1-4,7-9H2/t13-/m0/s1. The van der Waals surface area contributed by atoms with Crippen molar-refractivity contribution in [2.45, 2.75) is 37.4 Å². The molecule has 2 aromatic heterocycles. The summed E-state index contributed by atoms with van der Waals surface area (Å²) in [6.45, 7) is 2.66. The van der Waals surface area contributed by atoms with E-state index in [-0.39, 0.29) is 23.4 Å². The Morgan fingerprint density at radius 3 is 2.48 bits per heavy atom. The minimum Gasteiger partial charge on any atom is -0.323 e.